The largest absolute Gasteiger partial charge is 0.465 e. The molecule has 0 radical (unpaired) electrons. The van der Waals surface area contributed by atoms with Gasteiger partial charge in [-0.2, -0.15) is 9.30 Å². The van der Waals surface area contributed by atoms with Crippen molar-refractivity contribution in [2.75, 3.05) is 20.2 Å². The van der Waals surface area contributed by atoms with E-state index in [1.165, 1.54) is 47.0 Å². The van der Waals surface area contributed by atoms with Gasteiger partial charge in [-0.15, -0.1) is 6.42 Å². The van der Waals surface area contributed by atoms with Gasteiger partial charge < -0.3 is 9.30 Å². The van der Waals surface area contributed by atoms with Crippen LogP contribution >= 0.6 is 11.3 Å². The lowest BCUT2D eigenvalue weighted by molar-refractivity contribution is 0.0600. The second-order valence-corrected chi connectivity index (χ2v) is 10.6. The van der Waals surface area contributed by atoms with E-state index in [1.807, 2.05) is 13.8 Å². The number of ether oxygens (including phenoxy) is 1. The monoisotopic (exact) mass is 513 g/mol. The molecule has 2 aromatic carbocycles. The summed E-state index contributed by atoms with van der Waals surface area (Å²) in [5.41, 5.74) is 1.37. The van der Waals surface area contributed by atoms with Crippen LogP contribution in [0.4, 0.5) is 0 Å². The van der Waals surface area contributed by atoms with Crippen LogP contribution in [-0.2, 0) is 21.3 Å². The molecular formula is C25H27N3O5S2. The number of hydrogen-bond acceptors (Lipinski definition) is 6. The lowest BCUT2D eigenvalue weighted by atomic mass is 10.2. The summed E-state index contributed by atoms with van der Waals surface area (Å²) >= 11 is 1.22. The van der Waals surface area contributed by atoms with E-state index in [2.05, 4.69) is 10.9 Å². The second kappa shape index (κ2) is 11.4. The Morgan fingerprint density at radius 3 is 2.29 bits per heavy atom. The molecule has 0 saturated heterocycles. The van der Waals surface area contributed by atoms with Gasteiger partial charge in [0.15, 0.2) is 4.80 Å². The summed E-state index contributed by atoms with van der Waals surface area (Å²) in [6, 6.07) is 10.8. The molecule has 0 aliphatic heterocycles. The van der Waals surface area contributed by atoms with Crippen molar-refractivity contribution >= 4 is 43.5 Å². The third kappa shape index (κ3) is 5.70. The van der Waals surface area contributed by atoms with E-state index >= 15 is 0 Å². The Labute approximate surface area is 208 Å². The highest BCUT2D eigenvalue weighted by Gasteiger charge is 2.23. The van der Waals surface area contributed by atoms with Crippen LogP contribution in [0.15, 0.2) is 52.4 Å². The molecule has 1 aromatic heterocycles. The number of carbonyl (C=O) groups excluding carboxylic acids is 2. The van der Waals surface area contributed by atoms with Gasteiger partial charge in [-0.1, -0.05) is 31.1 Å². The van der Waals surface area contributed by atoms with Crippen molar-refractivity contribution in [2.45, 2.75) is 38.1 Å². The van der Waals surface area contributed by atoms with Crippen molar-refractivity contribution in [2.24, 2.45) is 4.99 Å². The Bertz CT molecular complexity index is 1440. The highest BCUT2D eigenvalue weighted by atomic mass is 32.2. The number of esters is 1. The van der Waals surface area contributed by atoms with Gasteiger partial charge in [0.25, 0.3) is 5.91 Å². The van der Waals surface area contributed by atoms with Crippen LogP contribution in [0.5, 0.6) is 0 Å². The molecule has 0 spiro atoms. The summed E-state index contributed by atoms with van der Waals surface area (Å²) in [4.78, 5) is 29.5. The lowest BCUT2D eigenvalue weighted by Crippen LogP contribution is -2.32. The van der Waals surface area contributed by atoms with Crippen LogP contribution < -0.4 is 4.80 Å². The minimum absolute atomic E-state index is 0.135. The van der Waals surface area contributed by atoms with Gasteiger partial charge in [-0.25, -0.2) is 13.2 Å². The van der Waals surface area contributed by atoms with Crippen molar-refractivity contribution in [3.05, 3.63) is 58.4 Å². The molecule has 1 heterocycles. The Hall–Kier alpha value is -3.26. The second-order valence-electron chi connectivity index (χ2n) is 7.69. The van der Waals surface area contributed by atoms with Gasteiger partial charge in [0.2, 0.25) is 10.0 Å². The highest BCUT2D eigenvalue weighted by Crippen LogP contribution is 2.21. The van der Waals surface area contributed by atoms with E-state index < -0.39 is 21.9 Å². The molecule has 184 valence electrons. The molecule has 0 saturated carbocycles. The summed E-state index contributed by atoms with van der Waals surface area (Å²) in [7, 11) is -2.34. The molecule has 0 unspecified atom stereocenters. The standard InChI is InChI=1S/C25H27N3O5S2/c1-5-14-27(15-6-2)35(31,32)20-11-8-18(9-12-20)23(29)26-25-28(16-7-3)21-13-10-19(24(30)33-4)17-22(21)34-25/h3,8-13,17H,5-6,14-16H2,1-2,4H3. The number of thiazole rings is 1. The molecule has 3 rings (SSSR count). The average molecular weight is 514 g/mol. The van der Waals surface area contributed by atoms with Gasteiger partial charge in [0.1, 0.15) is 0 Å². The van der Waals surface area contributed by atoms with E-state index in [0.29, 0.717) is 36.3 Å². The summed E-state index contributed by atoms with van der Waals surface area (Å²) in [5, 5.41) is 0. The Kier molecular flexibility index (Phi) is 8.62. The number of carbonyl (C=O) groups is 2. The number of terminal acetylenes is 1. The zero-order valence-electron chi connectivity index (χ0n) is 19.9. The molecule has 3 aromatic rings. The molecule has 10 heteroatoms. The molecule has 0 aliphatic carbocycles. The molecule has 0 atom stereocenters. The van der Waals surface area contributed by atoms with Gasteiger partial charge in [-0.3, -0.25) is 4.79 Å². The zero-order chi connectivity index (χ0) is 25.6. The third-order valence-electron chi connectivity index (χ3n) is 5.24. The van der Waals surface area contributed by atoms with Crippen molar-refractivity contribution in [3.63, 3.8) is 0 Å². The fourth-order valence-electron chi connectivity index (χ4n) is 3.57. The fourth-order valence-corrected chi connectivity index (χ4v) is 6.26. The van der Waals surface area contributed by atoms with Crippen LogP contribution in [0.3, 0.4) is 0 Å². The van der Waals surface area contributed by atoms with E-state index in [1.54, 1.807) is 22.8 Å². The number of fused-ring (bicyclic) bond motifs is 1. The summed E-state index contributed by atoms with van der Waals surface area (Å²) in [6.45, 7) is 4.91. The first-order valence-electron chi connectivity index (χ1n) is 11.1. The first-order chi connectivity index (χ1) is 16.8. The number of methoxy groups -OCH3 is 1. The topological polar surface area (TPSA) is 98.0 Å². The number of sulfonamides is 1. The average Bonchev–Trinajstić information content (AvgIpc) is 3.19. The number of aromatic nitrogens is 1. The highest BCUT2D eigenvalue weighted by molar-refractivity contribution is 7.89. The maximum absolute atomic E-state index is 13.0. The van der Waals surface area contributed by atoms with Crippen LogP contribution in [0.2, 0.25) is 0 Å². The van der Waals surface area contributed by atoms with Crippen molar-refractivity contribution in [1.29, 1.82) is 0 Å². The Morgan fingerprint density at radius 2 is 1.71 bits per heavy atom. The normalized spacial score (nSPS) is 12.1. The molecule has 35 heavy (non-hydrogen) atoms. The van der Waals surface area contributed by atoms with Crippen LogP contribution in [-0.4, -0.2) is 49.4 Å². The van der Waals surface area contributed by atoms with E-state index in [4.69, 9.17) is 11.2 Å². The Balaban J connectivity index is 1.97. The first-order valence-corrected chi connectivity index (χ1v) is 13.4. The summed E-state index contributed by atoms with van der Waals surface area (Å²) < 4.78 is 34.6. The van der Waals surface area contributed by atoms with Gasteiger partial charge in [0, 0.05) is 18.7 Å². The van der Waals surface area contributed by atoms with Gasteiger partial charge in [0.05, 0.1) is 34.3 Å². The van der Waals surface area contributed by atoms with E-state index in [9.17, 15) is 18.0 Å². The maximum Gasteiger partial charge on any atom is 0.337 e. The van der Waals surface area contributed by atoms with Gasteiger partial charge >= 0.3 is 5.97 Å². The lowest BCUT2D eigenvalue weighted by Gasteiger charge is -2.21. The van der Waals surface area contributed by atoms with E-state index in [-0.39, 0.29) is 17.0 Å². The Morgan fingerprint density at radius 1 is 1.09 bits per heavy atom. The third-order valence-corrected chi connectivity index (χ3v) is 8.19. The van der Waals surface area contributed by atoms with E-state index in [0.717, 1.165) is 10.2 Å². The molecule has 1 amide bonds. The molecule has 0 bridgehead atoms. The number of benzene rings is 2. The maximum atomic E-state index is 13.0. The van der Waals surface area contributed by atoms with Crippen LogP contribution in [0, 0.1) is 12.3 Å². The fraction of sp³-hybridized carbons (Fsp3) is 0.320. The number of rotatable bonds is 9. The predicted octanol–water partition coefficient (Wildman–Crippen LogP) is 3.67. The molecule has 0 N–H and O–H groups in total. The quantitative estimate of drug-likeness (QED) is 0.321. The molecule has 0 aliphatic rings. The van der Waals surface area contributed by atoms with Crippen molar-refractivity contribution in [1.82, 2.24) is 8.87 Å². The zero-order valence-corrected chi connectivity index (χ0v) is 21.5. The predicted molar refractivity (Wildman–Crippen MR) is 136 cm³/mol. The van der Waals surface area contributed by atoms with Gasteiger partial charge in [-0.05, 0) is 55.3 Å². The minimum Gasteiger partial charge on any atom is -0.465 e. The number of amides is 1. The minimum atomic E-state index is -3.64. The molecule has 0 fully saturated rings. The molecule has 8 nitrogen and oxygen atoms in total. The first kappa shape index (κ1) is 26.3. The SMILES string of the molecule is C#CCn1c(=NC(=O)c2ccc(S(=O)(=O)N(CCC)CCC)cc2)sc2cc(C(=O)OC)ccc21. The molecular weight excluding hydrogens is 486 g/mol. The van der Waals surface area contributed by atoms with Crippen molar-refractivity contribution in [3.8, 4) is 12.3 Å². The smallest absolute Gasteiger partial charge is 0.337 e. The summed E-state index contributed by atoms with van der Waals surface area (Å²) in [5.74, 6) is 1.56. The van der Waals surface area contributed by atoms with Crippen LogP contribution in [0.1, 0.15) is 47.4 Å². The van der Waals surface area contributed by atoms with Crippen LogP contribution in [0.25, 0.3) is 10.2 Å². The number of nitrogens with zero attached hydrogens (tertiary/aromatic N) is 3. The number of hydrogen-bond donors (Lipinski definition) is 0. The van der Waals surface area contributed by atoms with Crippen molar-refractivity contribution < 1.29 is 22.7 Å². The summed E-state index contributed by atoms with van der Waals surface area (Å²) in [6.07, 6.45) is 6.94.